The Bertz CT molecular complexity index is 401. The summed E-state index contributed by atoms with van der Waals surface area (Å²) in [5.74, 6) is -0.0576. The second-order valence-corrected chi connectivity index (χ2v) is 5.01. The summed E-state index contributed by atoms with van der Waals surface area (Å²) >= 11 is 0. The maximum absolute atomic E-state index is 10.9. The molecule has 1 aromatic carbocycles. The first-order valence-electron chi connectivity index (χ1n) is 7.03. The average molecular weight is 264 g/mol. The molecule has 1 rings (SSSR count). The molecular weight excluding hydrogens is 240 g/mol. The molecule has 0 saturated carbocycles. The van der Waals surface area contributed by atoms with E-state index in [0.29, 0.717) is 12.2 Å². The van der Waals surface area contributed by atoms with Gasteiger partial charge < -0.3 is 9.84 Å². The summed E-state index contributed by atoms with van der Waals surface area (Å²) < 4.78 is 5.79. The van der Waals surface area contributed by atoms with E-state index in [1.54, 1.807) is 12.1 Å². The second-order valence-electron chi connectivity index (χ2n) is 5.01. The van der Waals surface area contributed by atoms with Crippen LogP contribution in [0.15, 0.2) is 12.1 Å². The van der Waals surface area contributed by atoms with Crippen molar-refractivity contribution in [3.8, 4) is 5.75 Å². The predicted octanol–water partition coefficient (Wildman–Crippen LogP) is 4.35. The summed E-state index contributed by atoms with van der Waals surface area (Å²) in [6.45, 7) is 6.70. The van der Waals surface area contributed by atoms with Crippen LogP contribution in [0.3, 0.4) is 0 Å². The van der Waals surface area contributed by atoms with Crippen molar-refractivity contribution in [2.45, 2.75) is 52.9 Å². The van der Waals surface area contributed by atoms with Gasteiger partial charge in [0.2, 0.25) is 0 Å². The van der Waals surface area contributed by atoms with Crippen LogP contribution in [-0.4, -0.2) is 17.7 Å². The number of aryl methyl sites for hydroxylation is 2. The molecule has 0 unspecified atom stereocenters. The second kappa shape index (κ2) is 7.82. The molecule has 3 nitrogen and oxygen atoms in total. The van der Waals surface area contributed by atoms with Gasteiger partial charge in [-0.1, -0.05) is 32.6 Å². The van der Waals surface area contributed by atoms with Gasteiger partial charge in [0.05, 0.1) is 12.2 Å². The molecule has 0 aliphatic rings. The summed E-state index contributed by atoms with van der Waals surface area (Å²) in [7, 11) is 0. The molecule has 0 aliphatic carbocycles. The third kappa shape index (κ3) is 4.93. The molecule has 0 saturated heterocycles. The number of hydrogen-bond acceptors (Lipinski definition) is 2. The van der Waals surface area contributed by atoms with Crippen LogP contribution in [0.2, 0.25) is 0 Å². The zero-order chi connectivity index (χ0) is 14.3. The maximum Gasteiger partial charge on any atom is 0.335 e. The predicted molar refractivity (Wildman–Crippen MR) is 77.1 cm³/mol. The smallest absolute Gasteiger partial charge is 0.335 e. The fraction of sp³-hybridized carbons (Fsp3) is 0.562. The van der Waals surface area contributed by atoms with Crippen LogP contribution < -0.4 is 4.74 Å². The zero-order valence-corrected chi connectivity index (χ0v) is 12.2. The number of ether oxygens (including phenoxy) is 1. The third-order valence-corrected chi connectivity index (χ3v) is 3.20. The monoisotopic (exact) mass is 264 g/mol. The number of aromatic carboxylic acids is 1. The van der Waals surface area contributed by atoms with Gasteiger partial charge >= 0.3 is 5.97 Å². The lowest BCUT2D eigenvalue weighted by atomic mass is 10.1. The first-order chi connectivity index (χ1) is 9.06. The van der Waals surface area contributed by atoms with Crippen molar-refractivity contribution >= 4 is 5.97 Å². The van der Waals surface area contributed by atoms with Crippen molar-refractivity contribution in [1.29, 1.82) is 0 Å². The normalized spacial score (nSPS) is 10.5. The van der Waals surface area contributed by atoms with E-state index in [0.717, 1.165) is 23.3 Å². The molecule has 0 radical (unpaired) electrons. The minimum absolute atomic E-state index is 0.324. The van der Waals surface area contributed by atoms with Crippen LogP contribution in [0.1, 0.15) is 60.5 Å². The molecule has 0 atom stereocenters. The first kappa shape index (κ1) is 15.5. The topological polar surface area (TPSA) is 46.5 Å². The van der Waals surface area contributed by atoms with E-state index in [2.05, 4.69) is 6.92 Å². The summed E-state index contributed by atoms with van der Waals surface area (Å²) in [5.41, 5.74) is 2.11. The lowest BCUT2D eigenvalue weighted by Crippen LogP contribution is -2.04. The van der Waals surface area contributed by atoms with Crippen LogP contribution >= 0.6 is 0 Å². The Balaban J connectivity index is 2.52. The van der Waals surface area contributed by atoms with Gasteiger partial charge in [-0.05, 0) is 43.5 Å². The summed E-state index contributed by atoms with van der Waals surface area (Å²) in [6.07, 6.45) is 6.04. The third-order valence-electron chi connectivity index (χ3n) is 3.20. The molecule has 3 heteroatoms. The highest BCUT2D eigenvalue weighted by Crippen LogP contribution is 2.25. The van der Waals surface area contributed by atoms with E-state index in [1.807, 2.05) is 13.8 Å². The molecule has 0 bridgehead atoms. The van der Waals surface area contributed by atoms with Gasteiger partial charge in [-0.3, -0.25) is 0 Å². The fourth-order valence-electron chi connectivity index (χ4n) is 2.18. The molecule has 0 aliphatic heterocycles. The Kier molecular flexibility index (Phi) is 6.40. The highest BCUT2D eigenvalue weighted by Gasteiger charge is 2.10. The minimum atomic E-state index is -0.891. The number of unbranched alkanes of at least 4 members (excludes halogenated alkanes) is 4. The molecular formula is C16H24O3. The molecule has 1 aromatic rings. The van der Waals surface area contributed by atoms with Gasteiger partial charge in [-0.25, -0.2) is 4.79 Å². The SMILES string of the molecule is CCCCCCCOc1c(C)cc(C(=O)O)cc1C. The van der Waals surface area contributed by atoms with Gasteiger partial charge in [0.1, 0.15) is 5.75 Å². The van der Waals surface area contributed by atoms with Gasteiger partial charge in [-0.15, -0.1) is 0 Å². The number of benzene rings is 1. The fourth-order valence-corrected chi connectivity index (χ4v) is 2.18. The van der Waals surface area contributed by atoms with Gasteiger partial charge in [0.25, 0.3) is 0 Å². The molecule has 0 amide bonds. The lowest BCUT2D eigenvalue weighted by molar-refractivity contribution is 0.0696. The molecule has 0 spiro atoms. The summed E-state index contributed by atoms with van der Waals surface area (Å²) in [4.78, 5) is 10.9. The van der Waals surface area contributed by atoms with Crippen molar-refractivity contribution in [1.82, 2.24) is 0 Å². The van der Waals surface area contributed by atoms with Gasteiger partial charge in [0, 0.05) is 0 Å². The lowest BCUT2D eigenvalue weighted by Gasteiger charge is -2.13. The molecule has 0 heterocycles. The number of carboxylic acids is 1. The number of carbonyl (C=O) groups is 1. The standard InChI is InChI=1S/C16H24O3/c1-4-5-6-7-8-9-19-15-12(2)10-14(16(17)18)11-13(15)3/h10-11H,4-9H2,1-3H3,(H,17,18). The van der Waals surface area contributed by atoms with Crippen LogP contribution in [-0.2, 0) is 0 Å². The van der Waals surface area contributed by atoms with Crippen LogP contribution in [0, 0.1) is 13.8 Å². The highest BCUT2D eigenvalue weighted by atomic mass is 16.5. The molecule has 0 fully saturated rings. The van der Waals surface area contributed by atoms with Gasteiger partial charge in [0.15, 0.2) is 0 Å². The largest absolute Gasteiger partial charge is 0.493 e. The van der Waals surface area contributed by atoms with E-state index < -0.39 is 5.97 Å². The van der Waals surface area contributed by atoms with Crippen molar-refractivity contribution in [2.75, 3.05) is 6.61 Å². The van der Waals surface area contributed by atoms with Gasteiger partial charge in [-0.2, -0.15) is 0 Å². The maximum atomic E-state index is 10.9. The number of hydrogen-bond donors (Lipinski definition) is 1. The Hall–Kier alpha value is -1.51. The van der Waals surface area contributed by atoms with E-state index in [1.165, 1.54) is 25.7 Å². The Morgan fingerprint density at radius 1 is 1.11 bits per heavy atom. The zero-order valence-electron chi connectivity index (χ0n) is 12.2. The Labute approximate surface area is 115 Å². The number of rotatable bonds is 8. The Morgan fingerprint density at radius 3 is 2.21 bits per heavy atom. The van der Waals surface area contributed by atoms with Crippen molar-refractivity contribution in [2.24, 2.45) is 0 Å². The molecule has 19 heavy (non-hydrogen) atoms. The molecule has 1 N–H and O–H groups in total. The molecule has 0 aromatic heterocycles. The summed E-state index contributed by atoms with van der Waals surface area (Å²) in [6, 6.07) is 3.34. The van der Waals surface area contributed by atoms with Crippen LogP contribution in [0.5, 0.6) is 5.75 Å². The van der Waals surface area contributed by atoms with Crippen molar-refractivity contribution < 1.29 is 14.6 Å². The Morgan fingerprint density at radius 2 is 1.68 bits per heavy atom. The van der Waals surface area contributed by atoms with E-state index in [9.17, 15) is 4.79 Å². The van der Waals surface area contributed by atoms with E-state index in [-0.39, 0.29) is 0 Å². The average Bonchev–Trinajstić information content (AvgIpc) is 2.35. The van der Waals surface area contributed by atoms with E-state index in [4.69, 9.17) is 9.84 Å². The summed E-state index contributed by atoms with van der Waals surface area (Å²) in [5, 5.41) is 8.98. The minimum Gasteiger partial charge on any atom is -0.493 e. The van der Waals surface area contributed by atoms with Crippen molar-refractivity contribution in [3.05, 3.63) is 28.8 Å². The quantitative estimate of drug-likeness (QED) is 0.710. The molecule has 106 valence electrons. The first-order valence-corrected chi connectivity index (χ1v) is 7.03. The van der Waals surface area contributed by atoms with Crippen LogP contribution in [0.4, 0.5) is 0 Å². The number of carboxylic acid groups (broad SMARTS) is 1. The van der Waals surface area contributed by atoms with Crippen LogP contribution in [0.25, 0.3) is 0 Å². The van der Waals surface area contributed by atoms with E-state index >= 15 is 0 Å². The highest BCUT2D eigenvalue weighted by molar-refractivity contribution is 5.88. The van der Waals surface area contributed by atoms with Crippen molar-refractivity contribution in [3.63, 3.8) is 0 Å².